The number of sulfone groups is 1. The van der Waals surface area contributed by atoms with Gasteiger partial charge < -0.3 is 4.42 Å². The lowest BCUT2D eigenvalue weighted by Crippen LogP contribution is -2.07. The summed E-state index contributed by atoms with van der Waals surface area (Å²) >= 11 is 1.40. The van der Waals surface area contributed by atoms with Crippen molar-refractivity contribution in [2.24, 2.45) is 5.92 Å². The van der Waals surface area contributed by atoms with Crippen LogP contribution in [0.2, 0.25) is 0 Å². The Kier molecular flexibility index (Phi) is 4.68. The molecule has 23 heavy (non-hydrogen) atoms. The number of hydrogen-bond acceptors (Lipinski definition) is 7. The summed E-state index contributed by atoms with van der Waals surface area (Å²) < 4.78 is 28.5. The number of rotatable bonds is 5. The van der Waals surface area contributed by atoms with E-state index in [1.165, 1.54) is 11.8 Å². The molecule has 0 saturated carbocycles. The fourth-order valence-electron chi connectivity index (χ4n) is 2.53. The minimum atomic E-state index is -2.88. The highest BCUT2D eigenvalue weighted by atomic mass is 32.2. The molecule has 0 unspecified atom stereocenters. The first-order valence-corrected chi connectivity index (χ1v) is 9.99. The molecule has 0 aliphatic carbocycles. The largest absolute Gasteiger partial charge is 0.416 e. The van der Waals surface area contributed by atoms with Crippen molar-refractivity contribution >= 4 is 21.6 Å². The maximum absolute atomic E-state index is 11.5. The normalized spacial score (nSPS) is 19.5. The molecule has 0 N–H and O–H groups in total. The highest BCUT2D eigenvalue weighted by Gasteiger charge is 2.29. The molecular weight excluding hydrogens is 334 g/mol. The SMILES string of the molecule is N#Cc1cccc(CSc2nnc(C[C@@H]3CCS(=O)(=O)C3)o2)c1. The van der Waals surface area contributed by atoms with Crippen LogP contribution in [-0.4, -0.2) is 30.1 Å². The van der Waals surface area contributed by atoms with Gasteiger partial charge in [0.1, 0.15) is 0 Å². The number of benzene rings is 1. The predicted molar refractivity (Wildman–Crippen MR) is 85.5 cm³/mol. The summed E-state index contributed by atoms with van der Waals surface area (Å²) in [5.74, 6) is 1.65. The third-order valence-electron chi connectivity index (χ3n) is 3.66. The molecule has 0 radical (unpaired) electrons. The fraction of sp³-hybridized carbons (Fsp3) is 0.400. The molecule has 120 valence electrons. The number of thioether (sulfide) groups is 1. The van der Waals surface area contributed by atoms with Crippen LogP contribution in [0.3, 0.4) is 0 Å². The minimum Gasteiger partial charge on any atom is -0.416 e. The Labute approximate surface area is 138 Å². The molecule has 1 atom stereocenters. The zero-order valence-corrected chi connectivity index (χ0v) is 13.9. The lowest BCUT2D eigenvalue weighted by molar-refractivity contribution is 0.389. The minimum absolute atomic E-state index is 0.0746. The van der Waals surface area contributed by atoms with E-state index < -0.39 is 9.84 Å². The van der Waals surface area contributed by atoms with Gasteiger partial charge in [0.05, 0.1) is 23.1 Å². The topological polar surface area (TPSA) is 96.9 Å². The van der Waals surface area contributed by atoms with Gasteiger partial charge in [-0.25, -0.2) is 8.42 Å². The van der Waals surface area contributed by atoms with E-state index >= 15 is 0 Å². The first-order chi connectivity index (χ1) is 11.0. The van der Waals surface area contributed by atoms with E-state index in [9.17, 15) is 8.42 Å². The Hall–Kier alpha value is -1.85. The van der Waals surface area contributed by atoms with Crippen LogP contribution in [0, 0.1) is 17.2 Å². The third-order valence-corrected chi connectivity index (χ3v) is 6.38. The quantitative estimate of drug-likeness (QED) is 0.763. The van der Waals surface area contributed by atoms with Crippen molar-refractivity contribution in [1.82, 2.24) is 10.2 Å². The molecule has 1 aromatic carbocycles. The predicted octanol–water partition coefficient (Wildman–Crippen LogP) is 2.21. The molecule has 0 spiro atoms. The number of hydrogen-bond donors (Lipinski definition) is 0. The molecule has 1 aromatic heterocycles. The average molecular weight is 349 g/mol. The maximum Gasteiger partial charge on any atom is 0.276 e. The van der Waals surface area contributed by atoms with Gasteiger partial charge in [-0.3, -0.25) is 0 Å². The van der Waals surface area contributed by atoms with Crippen LogP contribution in [0.5, 0.6) is 0 Å². The monoisotopic (exact) mass is 349 g/mol. The Morgan fingerprint density at radius 3 is 3.00 bits per heavy atom. The molecule has 1 fully saturated rings. The van der Waals surface area contributed by atoms with E-state index in [0.717, 1.165) is 5.56 Å². The van der Waals surface area contributed by atoms with E-state index in [1.807, 2.05) is 18.2 Å². The van der Waals surface area contributed by atoms with Gasteiger partial charge in [-0.05, 0) is 30.0 Å². The number of aromatic nitrogens is 2. The summed E-state index contributed by atoms with van der Waals surface area (Å²) in [5.41, 5.74) is 1.63. The Morgan fingerprint density at radius 1 is 1.39 bits per heavy atom. The van der Waals surface area contributed by atoms with Gasteiger partial charge in [-0.15, -0.1) is 10.2 Å². The van der Waals surface area contributed by atoms with Crippen molar-refractivity contribution in [3.8, 4) is 6.07 Å². The maximum atomic E-state index is 11.5. The van der Waals surface area contributed by atoms with Crippen LogP contribution in [-0.2, 0) is 22.0 Å². The van der Waals surface area contributed by atoms with Crippen LogP contribution < -0.4 is 0 Å². The van der Waals surface area contributed by atoms with Gasteiger partial charge >= 0.3 is 0 Å². The van der Waals surface area contributed by atoms with Crippen LogP contribution in [0.15, 0.2) is 33.9 Å². The lowest BCUT2D eigenvalue weighted by Gasteiger charge is -2.02. The molecule has 3 rings (SSSR count). The standard InChI is InChI=1S/C15H15N3O3S2/c16-8-11-2-1-3-12(6-11)9-22-15-18-17-14(21-15)7-13-4-5-23(19,20)10-13/h1-3,6,13H,4-5,7,9-10H2/t13-/m0/s1. The molecule has 6 nitrogen and oxygen atoms in total. The van der Waals surface area contributed by atoms with Crippen LogP contribution >= 0.6 is 11.8 Å². The van der Waals surface area contributed by atoms with Crippen molar-refractivity contribution in [2.75, 3.05) is 11.5 Å². The highest BCUT2D eigenvalue weighted by molar-refractivity contribution is 7.98. The van der Waals surface area contributed by atoms with Crippen molar-refractivity contribution in [1.29, 1.82) is 5.26 Å². The van der Waals surface area contributed by atoms with E-state index in [2.05, 4.69) is 16.3 Å². The van der Waals surface area contributed by atoms with Gasteiger partial charge in [-0.2, -0.15) is 5.26 Å². The first kappa shape index (κ1) is 16.0. The highest BCUT2D eigenvalue weighted by Crippen LogP contribution is 2.25. The lowest BCUT2D eigenvalue weighted by atomic mass is 10.1. The van der Waals surface area contributed by atoms with Crippen molar-refractivity contribution in [3.05, 3.63) is 41.3 Å². The molecule has 0 bridgehead atoms. The smallest absolute Gasteiger partial charge is 0.276 e. The third kappa shape index (κ3) is 4.33. The van der Waals surface area contributed by atoms with E-state index in [-0.39, 0.29) is 17.4 Å². The zero-order valence-electron chi connectivity index (χ0n) is 12.3. The van der Waals surface area contributed by atoms with Gasteiger partial charge in [-0.1, -0.05) is 23.9 Å². The molecule has 1 saturated heterocycles. The molecule has 1 aliphatic heterocycles. The van der Waals surface area contributed by atoms with Gasteiger partial charge in [0.2, 0.25) is 5.89 Å². The second-order valence-corrected chi connectivity index (χ2v) is 8.69. The first-order valence-electron chi connectivity index (χ1n) is 7.19. The second kappa shape index (κ2) is 6.72. The van der Waals surface area contributed by atoms with Crippen molar-refractivity contribution < 1.29 is 12.8 Å². The fourth-order valence-corrected chi connectivity index (χ4v) is 5.12. The van der Waals surface area contributed by atoms with Crippen LogP contribution in [0.1, 0.15) is 23.4 Å². The number of nitriles is 1. The summed E-state index contributed by atoms with van der Waals surface area (Å²) in [6, 6.07) is 9.47. The molecule has 2 aromatic rings. The average Bonchev–Trinajstić information content (AvgIpc) is 3.12. The summed E-state index contributed by atoms with van der Waals surface area (Å²) in [4.78, 5) is 0. The molecular formula is C15H15N3O3S2. The van der Waals surface area contributed by atoms with Crippen molar-refractivity contribution in [2.45, 2.75) is 23.8 Å². The molecule has 0 amide bonds. The molecule has 2 heterocycles. The van der Waals surface area contributed by atoms with E-state index in [4.69, 9.17) is 9.68 Å². The summed E-state index contributed by atoms with van der Waals surface area (Å²) in [5, 5.41) is 17.3. The van der Waals surface area contributed by atoms with Crippen LogP contribution in [0.4, 0.5) is 0 Å². The summed E-state index contributed by atoms with van der Waals surface area (Å²) in [6.07, 6.45) is 1.17. The summed E-state index contributed by atoms with van der Waals surface area (Å²) in [6.45, 7) is 0. The Balaban J connectivity index is 1.56. The van der Waals surface area contributed by atoms with Crippen molar-refractivity contribution in [3.63, 3.8) is 0 Å². The van der Waals surface area contributed by atoms with E-state index in [0.29, 0.717) is 35.3 Å². The van der Waals surface area contributed by atoms with Gasteiger partial charge in [0.15, 0.2) is 9.84 Å². The Morgan fingerprint density at radius 2 is 2.26 bits per heavy atom. The second-order valence-electron chi connectivity index (χ2n) is 5.54. The Bertz CT molecular complexity index is 840. The van der Waals surface area contributed by atoms with Gasteiger partial charge in [0, 0.05) is 12.2 Å². The zero-order chi connectivity index (χ0) is 16.3. The summed E-state index contributed by atoms with van der Waals surface area (Å²) in [7, 11) is -2.88. The molecule has 1 aliphatic rings. The molecule has 8 heteroatoms. The van der Waals surface area contributed by atoms with Gasteiger partial charge in [0.25, 0.3) is 5.22 Å². The number of nitrogens with zero attached hydrogens (tertiary/aromatic N) is 3. The van der Waals surface area contributed by atoms with E-state index in [1.54, 1.807) is 6.07 Å². The van der Waals surface area contributed by atoms with Crippen LogP contribution in [0.25, 0.3) is 0 Å².